The number of unbranched alkanes of at least 4 members (excludes halogenated alkanes) is 1. The highest BCUT2D eigenvalue weighted by atomic mass is 16.6. The first-order chi connectivity index (χ1) is 37.7. The molecule has 9 amide bonds. The van der Waals surface area contributed by atoms with Crippen LogP contribution in [0.2, 0.25) is 0 Å². The van der Waals surface area contributed by atoms with Gasteiger partial charge in [0.2, 0.25) is 47.3 Å². The van der Waals surface area contributed by atoms with Crippen LogP contribution in [0.1, 0.15) is 103 Å². The first kappa shape index (κ1) is 65.6. The molecule has 0 bridgehead atoms. The van der Waals surface area contributed by atoms with Gasteiger partial charge in [0, 0.05) is 31.4 Å². The maximum Gasteiger partial charge on any atom is 0.299 e. The van der Waals surface area contributed by atoms with E-state index in [1.807, 2.05) is 0 Å². The first-order valence-corrected chi connectivity index (χ1v) is 26.2. The number of primary amides is 1. The molecule has 18 N–H and O–H groups in total. The molecule has 3 rings (SSSR count). The second-order valence-corrected chi connectivity index (χ2v) is 20.0. The molecular formula is C50H77N17O13. The average Bonchev–Trinajstić information content (AvgIpc) is 3.89. The van der Waals surface area contributed by atoms with Gasteiger partial charge in [-0.15, -0.1) is 0 Å². The lowest BCUT2D eigenvalue weighted by molar-refractivity contribution is -0.393. The van der Waals surface area contributed by atoms with Crippen LogP contribution in [-0.2, 0) is 38.4 Å². The number of rotatable bonds is 33. The van der Waals surface area contributed by atoms with E-state index in [0.29, 0.717) is 31.9 Å². The summed E-state index contributed by atoms with van der Waals surface area (Å²) in [7, 11) is 0. The SMILES string of the molecule is CC(C)C[C@H](NC(=O)CNC(=O)[C@H](CC(C)C)NC(=O)[C@@H]1CCCN1C(=O)[C@H](CCCCN)NC(=O)c1ccccc1N)C(=O)N[C@@H](CNc1ccc([N+](=O)[O-])cc1[N+](=O)[O-])C(=O)N[C@@H](C)C(=O)N[C@@H](CCCN=C(N)N)C(N)=O. The zero-order valence-electron chi connectivity index (χ0n) is 45.6. The lowest BCUT2D eigenvalue weighted by atomic mass is 10.0. The van der Waals surface area contributed by atoms with Crippen LogP contribution < -0.4 is 71.2 Å². The van der Waals surface area contributed by atoms with E-state index in [0.717, 1.165) is 12.1 Å². The number of nitrogens with two attached hydrogens (primary N) is 5. The summed E-state index contributed by atoms with van der Waals surface area (Å²) in [4.78, 5) is 149. The Kier molecular flexibility index (Phi) is 26.4. The maximum atomic E-state index is 14.1. The Labute approximate surface area is 462 Å². The van der Waals surface area contributed by atoms with E-state index < -0.39 is 130 Å². The molecule has 1 aliphatic rings. The number of anilines is 2. The molecule has 1 fully saturated rings. The fourth-order valence-corrected chi connectivity index (χ4v) is 8.50. The number of non-ortho nitro benzene ring substituents is 1. The minimum atomic E-state index is -1.67. The first-order valence-electron chi connectivity index (χ1n) is 26.2. The van der Waals surface area contributed by atoms with Crippen LogP contribution in [0, 0.1) is 32.1 Å². The lowest BCUT2D eigenvalue weighted by Crippen LogP contribution is -2.59. The van der Waals surface area contributed by atoms with Crippen molar-refractivity contribution >= 4 is 81.9 Å². The number of carbonyl (C=O) groups excluding carboxylic acids is 9. The lowest BCUT2D eigenvalue weighted by Gasteiger charge is -2.30. The van der Waals surface area contributed by atoms with Crippen LogP contribution in [-0.4, -0.2) is 149 Å². The Morgan fingerprint density at radius 3 is 1.94 bits per heavy atom. The highest BCUT2D eigenvalue weighted by Crippen LogP contribution is 2.29. The summed E-state index contributed by atoms with van der Waals surface area (Å²) in [5, 5.41) is 43.9. The topological polar surface area (TPSA) is 482 Å². The monoisotopic (exact) mass is 1120 g/mol. The number of carbonyl (C=O) groups is 9. The van der Waals surface area contributed by atoms with E-state index in [4.69, 9.17) is 28.7 Å². The number of likely N-dealkylation sites (tertiary alicyclic amines) is 1. The normalized spacial score (nSPS) is 15.2. The standard InChI is InChI=1S/C50H77N17O13/c1-27(2)22-36(63-48(75)39-16-11-21-65(39)49(76)35(14-8-9-19-51)62-44(71)31-12-6-7-13-32(31)52)45(72)58-26-41(68)60-37(23-28(3)4)46(73)64-38(25-57-33-18-17-30(66(77)78)24-40(33)67(79)80)47(74)59-29(5)43(70)61-34(42(53)69)15-10-20-56-50(54)55/h6-7,12-13,17-18,24,27-29,34-39,57H,8-11,14-16,19-23,25-26,51-52H2,1-5H3,(H2,53,69)(H,58,72)(H,59,74)(H,60,68)(H,61,70)(H,62,71)(H,63,75)(H,64,73)(H4,54,55,56)/t29-,34-,35-,36-,37-,38-,39-/m0/s1. The van der Waals surface area contributed by atoms with E-state index in [1.165, 1.54) is 17.9 Å². The van der Waals surface area contributed by atoms with Gasteiger partial charge in [-0.25, -0.2) is 0 Å². The third-order valence-corrected chi connectivity index (χ3v) is 12.6. The van der Waals surface area contributed by atoms with Gasteiger partial charge in [0.25, 0.3) is 17.3 Å². The minimum Gasteiger partial charge on any atom is -0.398 e. The molecular weight excluding hydrogens is 1050 g/mol. The van der Waals surface area contributed by atoms with Gasteiger partial charge < -0.3 is 76.1 Å². The number of benzene rings is 2. The van der Waals surface area contributed by atoms with Gasteiger partial charge >= 0.3 is 0 Å². The highest BCUT2D eigenvalue weighted by Gasteiger charge is 2.39. The van der Waals surface area contributed by atoms with Gasteiger partial charge in [-0.2, -0.15) is 0 Å². The summed E-state index contributed by atoms with van der Waals surface area (Å²) in [6.45, 7) is 7.67. The molecule has 0 unspecified atom stereocenters. The minimum absolute atomic E-state index is 0.0218. The second-order valence-electron chi connectivity index (χ2n) is 20.0. The molecule has 2 aromatic carbocycles. The van der Waals surface area contributed by atoms with E-state index in [2.05, 4.69) is 47.5 Å². The number of nitrogen functional groups attached to an aromatic ring is 1. The predicted octanol–water partition coefficient (Wildman–Crippen LogP) is -1.39. The number of nitrogens with zero attached hydrogens (tertiary/aromatic N) is 4. The summed E-state index contributed by atoms with van der Waals surface area (Å²) in [5.74, 6) is -7.70. The summed E-state index contributed by atoms with van der Waals surface area (Å²) < 4.78 is 0. The van der Waals surface area contributed by atoms with Crippen molar-refractivity contribution in [3.63, 3.8) is 0 Å². The fourth-order valence-electron chi connectivity index (χ4n) is 8.50. The van der Waals surface area contributed by atoms with Crippen LogP contribution in [0.15, 0.2) is 47.5 Å². The molecule has 0 aromatic heterocycles. The van der Waals surface area contributed by atoms with Crippen molar-refractivity contribution in [1.82, 2.24) is 42.1 Å². The molecule has 0 saturated carbocycles. The maximum absolute atomic E-state index is 14.1. The van der Waals surface area contributed by atoms with Crippen molar-refractivity contribution in [3.8, 4) is 0 Å². The van der Waals surface area contributed by atoms with Crippen molar-refractivity contribution in [2.45, 2.75) is 135 Å². The van der Waals surface area contributed by atoms with E-state index in [9.17, 15) is 63.4 Å². The largest absolute Gasteiger partial charge is 0.398 e. The molecule has 80 heavy (non-hydrogen) atoms. The Morgan fingerprint density at radius 2 is 1.34 bits per heavy atom. The quantitative estimate of drug-likeness (QED) is 0.00977. The number of aliphatic imine (C=N–C) groups is 1. The summed E-state index contributed by atoms with van der Waals surface area (Å²) in [6.07, 6.45) is 2.36. The number of nitro benzene ring substituents is 2. The second kappa shape index (κ2) is 32.3. The summed E-state index contributed by atoms with van der Waals surface area (Å²) in [6, 6.07) is 0.185. The van der Waals surface area contributed by atoms with Crippen LogP contribution in [0.4, 0.5) is 22.7 Å². The van der Waals surface area contributed by atoms with E-state index in [1.54, 1.807) is 45.9 Å². The Balaban J connectivity index is 1.80. The molecule has 2 aromatic rings. The summed E-state index contributed by atoms with van der Waals surface area (Å²) in [5.41, 5.74) is 26.6. The van der Waals surface area contributed by atoms with Crippen LogP contribution in [0.5, 0.6) is 0 Å². The van der Waals surface area contributed by atoms with E-state index >= 15 is 0 Å². The van der Waals surface area contributed by atoms with Crippen LogP contribution >= 0.6 is 0 Å². The number of nitrogens with one attached hydrogen (secondary N) is 8. The molecule has 1 saturated heterocycles. The van der Waals surface area contributed by atoms with Gasteiger partial charge in [0.1, 0.15) is 48.0 Å². The third kappa shape index (κ3) is 21.3. The number of para-hydroxylation sites is 1. The molecule has 0 aliphatic carbocycles. The number of hydrogen-bond acceptors (Lipinski definition) is 17. The van der Waals surface area contributed by atoms with Crippen LogP contribution in [0.3, 0.4) is 0 Å². The third-order valence-electron chi connectivity index (χ3n) is 12.6. The zero-order chi connectivity index (χ0) is 59.8. The van der Waals surface area contributed by atoms with Crippen molar-refractivity contribution in [1.29, 1.82) is 0 Å². The molecule has 0 radical (unpaired) electrons. The summed E-state index contributed by atoms with van der Waals surface area (Å²) >= 11 is 0. The number of amides is 9. The predicted molar refractivity (Wildman–Crippen MR) is 294 cm³/mol. The average molecular weight is 1120 g/mol. The van der Waals surface area contributed by atoms with Crippen molar-refractivity contribution < 1.29 is 53.0 Å². The Hall–Kier alpha value is -8.70. The molecule has 1 aliphatic heterocycles. The van der Waals surface area contributed by atoms with Crippen molar-refractivity contribution in [3.05, 3.63) is 68.3 Å². The number of nitro groups is 2. The molecule has 440 valence electrons. The Morgan fingerprint density at radius 1 is 0.713 bits per heavy atom. The fraction of sp³-hybridized carbons (Fsp3) is 0.560. The highest BCUT2D eigenvalue weighted by molar-refractivity contribution is 6.02. The zero-order valence-corrected chi connectivity index (χ0v) is 45.6. The van der Waals surface area contributed by atoms with Crippen LogP contribution in [0.25, 0.3) is 0 Å². The Bertz CT molecular complexity index is 2580. The molecule has 30 nitrogen and oxygen atoms in total. The van der Waals surface area contributed by atoms with Gasteiger partial charge in [0.15, 0.2) is 5.96 Å². The molecule has 0 spiro atoms. The molecule has 1 heterocycles. The van der Waals surface area contributed by atoms with E-state index in [-0.39, 0.29) is 86.3 Å². The number of hydrogen-bond donors (Lipinski definition) is 13. The number of guanidine groups is 1. The van der Waals surface area contributed by atoms with Crippen molar-refractivity contribution in [2.24, 2.45) is 39.8 Å². The molecule has 30 heteroatoms. The molecule has 7 atom stereocenters. The van der Waals surface area contributed by atoms with Gasteiger partial charge in [0.05, 0.1) is 28.0 Å². The smallest absolute Gasteiger partial charge is 0.299 e. The van der Waals surface area contributed by atoms with Gasteiger partial charge in [-0.05, 0) is 101 Å². The van der Waals surface area contributed by atoms with Gasteiger partial charge in [-0.1, -0.05) is 39.8 Å². The van der Waals surface area contributed by atoms with Gasteiger partial charge in [-0.3, -0.25) is 68.4 Å². The van der Waals surface area contributed by atoms with Crippen molar-refractivity contribution in [2.75, 3.05) is 43.8 Å².